The Morgan fingerprint density at radius 2 is 2.22 bits per heavy atom. The number of benzene rings is 1. The van der Waals surface area contributed by atoms with Gasteiger partial charge >= 0.3 is 18.6 Å². The number of carbonyl (C=O) groups is 1. The lowest BCUT2D eigenvalue weighted by Crippen LogP contribution is -2.42. The predicted molar refractivity (Wildman–Crippen MR) is 81.1 cm³/mol. The summed E-state index contributed by atoms with van der Waals surface area (Å²) in [6, 6.07) is 4.52. The highest BCUT2D eigenvalue weighted by molar-refractivity contribution is 8.00. The molecule has 0 spiro atoms. The van der Waals surface area contributed by atoms with Gasteiger partial charge in [-0.05, 0) is 36.7 Å². The number of para-hydroxylation sites is 1. The van der Waals surface area contributed by atoms with E-state index in [1.165, 1.54) is 19.1 Å². The molecule has 0 fully saturated rings. The molecule has 0 radical (unpaired) electrons. The van der Waals surface area contributed by atoms with E-state index >= 15 is 0 Å². The molecule has 1 aliphatic heterocycles. The Morgan fingerprint density at radius 3 is 2.83 bits per heavy atom. The summed E-state index contributed by atoms with van der Waals surface area (Å²) in [6.07, 6.45) is 0.186. The van der Waals surface area contributed by atoms with Gasteiger partial charge in [0, 0.05) is 11.5 Å². The maximum atomic E-state index is 12.2. The lowest BCUT2D eigenvalue weighted by molar-refractivity contribution is -0.0325. The molecule has 1 aromatic rings. The van der Waals surface area contributed by atoms with Crippen molar-refractivity contribution in [3.05, 3.63) is 29.3 Å². The van der Waals surface area contributed by atoms with Crippen LogP contribution in [0.3, 0.4) is 0 Å². The largest absolute Gasteiger partial charge is 0.549 e. The third kappa shape index (κ3) is 4.65. The second-order valence-electron chi connectivity index (χ2n) is 4.98. The summed E-state index contributed by atoms with van der Waals surface area (Å²) in [5, 5.41) is 19.0. The summed E-state index contributed by atoms with van der Waals surface area (Å²) in [4.78, 5) is 15.2. The van der Waals surface area contributed by atoms with Gasteiger partial charge in [0.25, 0.3) is 0 Å². The number of nitrogens with zero attached hydrogens (tertiary/aromatic N) is 1. The second-order valence-corrected chi connectivity index (χ2v) is 6.02. The van der Waals surface area contributed by atoms with Gasteiger partial charge in [0.15, 0.2) is 0 Å². The molecule has 0 amide bonds. The number of carboxylic acid groups (broad SMARTS) is 1. The fourth-order valence-corrected chi connectivity index (χ4v) is 2.64. The van der Waals surface area contributed by atoms with Crippen molar-refractivity contribution in [2.45, 2.75) is 24.8 Å². The van der Waals surface area contributed by atoms with Crippen LogP contribution in [0.5, 0.6) is 5.75 Å². The molecule has 124 valence electrons. The average molecular weight is 347 g/mol. The molecule has 1 heterocycles. The molecule has 0 aliphatic carbocycles. The molecule has 1 atom stereocenters. The van der Waals surface area contributed by atoms with E-state index in [0.717, 1.165) is 0 Å². The zero-order chi connectivity index (χ0) is 17.2. The van der Waals surface area contributed by atoms with E-state index in [2.05, 4.69) is 4.99 Å². The van der Waals surface area contributed by atoms with E-state index in [9.17, 15) is 23.0 Å². The summed E-state index contributed by atoms with van der Waals surface area (Å²) in [5.74, 6) is -2.23. The van der Waals surface area contributed by atoms with E-state index in [0.29, 0.717) is 5.56 Å². The molecule has 5 nitrogen and oxygen atoms in total. The third-order valence-corrected chi connectivity index (χ3v) is 4.04. The van der Waals surface area contributed by atoms with Crippen molar-refractivity contribution >= 4 is 30.6 Å². The van der Waals surface area contributed by atoms with Crippen LogP contribution in [0.1, 0.15) is 22.8 Å². The molecule has 1 aliphatic rings. The number of aromatic carboxylic acids is 1. The van der Waals surface area contributed by atoms with Gasteiger partial charge in [0.1, 0.15) is 11.7 Å². The van der Waals surface area contributed by atoms with Gasteiger partial charge in [-0.2, -0.15) is 13.2 Å². The van der Waals surface area contributed by atoms with Gasteiger partial charge < -0.3 is 14.8 Å². The number of thioether (sulfide) groups is 1. The van der Waals surface area contributed by atoms with Crippen LogP contribution in [0, 0.1) is 0 Å². The van der Waals surface area contributed by atoms with Crippen molar-refractivity contribution in [3.8, 4) is 5.75 Å². The number of hydrogen-bond donors (Lipinski definition) is 2. The van der Waals surface area contributed by atoms with E-state index in [1.54, 1.807) is 6.07 Å². The Balaban J connectivity index is 2.15. The molecule has 0 saturated heterocycles. The summed E-state index contributed by atoms with van der Waals surface area (Å²) in [5.41, 5.74) is -3.66. The van der Waals surface area contributed by atoms with Gasteiger partial charge in [-0.3, -0.25) is 4.99 Å². The highest BCUT2D eigenvalue weighted by atomic mass is 32.2. The maximum Gasteiger partial charge on any atom is 0.549 e. The van der Waals surface area contributed by atoms with Crippen LogP contribution in [0.15, 0.2) is 23.2 Å². The molecule has 0 bridgehead atoms. The fraction of sp³-hybridized carbons (Fsp3) is 0.385. The summed E-state index contributed by atoms with van der Waals surface area (Å²) >= 11 is -0.208. The van der Waals surface area contributed by atoms with Gasteiger partial charge in [0.2, 0.25) is 0 Å². The number of fused-ring (bicyclic) bond motifs is 1. The van der Waals surface area contributed by atoms with E-state index in [1.807, 2.05) is 0 Å². The van der Waals surface area contributed by atoms with Gasteiger partial charge in [-0.25, -0.2) is 4.79 Å². The first-order valence-corrected chi connectivity index (χ1v) is 7.60. The van der Waals surface area contributed by atoms with E-state index < -0.39 is 24.5 Å². The molecule has 23 heavy (non-hydrogen) atoms. The SMILES string of the molecule is CC(CSC(F)(F)F)=N[C@H]1Cc2cccc(C(=O)O)c2OB1O. The van der Waals surface area contributed by atoms with Crippen molar-refractivity contribution in [1.82, 2.24) is 0 Å². The van der Waals surface area contributed by atoms with Crippen LogP contribution >= 0.6 is 11.8 Å². The van der Waals surface area contributed by atoms with E-state index in [-0.39, 0.29) is 41.0 Å². The van der Waals surface area contributed by atoms with Gasteiger partial charge in [0.05, 0.1) is 5.56 Å². The quantitative estimate of drug-likeness (QED) is 0.646. The number of hydrogen-bond acceptors (Lipinski definition) is 5. The molecule has 1 aromatic carbocycles. The topological polar surface area (TPSA) is 79.1 Å². The van der Waals surface area contributed by atoms with Crippen LogP contribution in [-0.2, 0) is 6.42 Å². The van der Waals surface area contributed by atoms with Gasteiger partial charge in [-0.1, -0.05) is 12.1 Å². The fourth-order valence-electron chi connectivity index (χ4n) is 2.19. The molecule has 0 saturated carbocycles. The molecule has 2 rings (SSSR count). The third-order valence-electron chi connectivity index (χ3n) is 3.15. The van der Waals surface area contributed by atoms with Crippen molar-refractivity contribution in [1.29, 1.82) is 0 Å². The molecule has 10 heteroatoms. The van der Waals surface area contributed by atoms with Crippen LogP contribution in [0.2, 0.25) is 0 Å². The number of alkyl halides is 3. The zero-order valence-electron chi connectivity index (χ0n) is 12.0. The van der Waals surface area contributed by atoms with Crippen LogP contribution in [0.25, 0.3) is 0 Å². The van der Waals surface area contributed by atoms with Crippen molar-refractivity contribution in [2.75, 3.05) is 5.75 Å². The number of halogens is 3. The zero-order valence-corrected chi connectivity index (χ0v) is 12.8. The Bertz CT molecular complexity index is 638. The normalized spacial score (nSPS) is 18.4. The Morgan fingerprint density at radius 1 is 1.52 bits per heavy atom. The lowest BCUT2D eigenvalue weighted by atomic mass is 9.72. The molecular weight excluding hydrogens is 334 g/mol. The lowest BCUT2D eigenvalue weighted by Gasteiger charge is -2.26. The Labute approximate surface area is 134 Å². The molecule has 0 unspecified atom stereocenters. The summed E-state index contributed by atoms with van der Waals surface area (Å²) < 4.78 is 41.7. The molecular formula is C13H13BF3NO4S. The number of carboxylic acids is 1. The molecule has 0 aromatic heterocycles. The van der Waals surface area contributed by atoms with Crippen molar-refractivity contribution in [2.24, 2.45) is 4.99 Å². The van der Waals surface area contributed by atoms with Crippen molar-refractivity contribution < 1.29 is 32.8 Å². The van der Waals surface area contributed by atoms with Crippen molar-refractivity contribution in [3.63, 3.8) is 0 Å². The van der Waals surface area contributed by atoms with Crippen LogP contribution < -0.4 is 4.65 Å². The number of rotatable bonds is 4. The van der Waals surface area contributed by atoms with E-state index in [4.69, 9.17) is 9.76 Å². The highest BCUT2D eigenvalue weighted by Gasteiger charge is 2.37. The summed E-state index contributed by atoms with van der Waals surface area (Å²) in [6.45, 7) is 1.44. The first-order chi connectivity index (χ1) is 10.7. The molecule has 2 N–H and O–H groups in total. The minimum atomic E-state index is -4.35. The Kier molecular flexibility index (Phi) is 5.25. The highest BCUT2D eigenvalue weighted by Crippen LogP contribution is 2.32. The Hall–Kier alpha value is -1.68. The minimum Gasteiger partial charge on any atom is -0.534 e. The van der Waals surface area contributed by atoms with Crippen LogP contribution in [-0.4, -0.2) is 46.1 Å². The smallest absolute Gasteiger partial charge is 0.534 e. The van der Waals surface area contributed by atoms with Crippen LogP contribution in [0.4, 0.5) is 13.2 Å². The summed E-state index contributed by atoms with van der Waals surface area (Å²) in [7, 11) is -1.41. The maximum absolute atomic E-state index is 12.2. The predicted octanol–water partition coefficient (Wildman–Crippen LogP) is 2.42. The first-order valence-electron chi connectivity index (χ1n) is 6.61. The number of aliphatic imine (C=N–C) groups is 1. The average Bonchev–Trinajstić information content (AvgIpc) is 2.44. The van der Waals surface area contributed by atoms with Gasteiger partial charge in [-0.15, -0.1) is 0 Å². The first kappa shape index (κ1) is 17.7. The second kappa shape index (κ2) is 6.83. The monoisotopic (exact) mass is 347 g/mol. The standard InChI is InChI=1S/C13H13BF3NO4S/c1-7(6-23-13(15,16)17)18-10-5-8-3-2-4-9(12(19)20)11(8)22-14(10)21/h2-4,10,21H,5-6H2,1H3,(H,19,20)/t10-/m0/s1. The minimum absolute atomic E-state index is 0.0706.